The van der Waals surface area contributed by atoms with E-state index >= 15 is 0 Å². The summed E-state index contributed by atoms with van der Waals surface area (Å²) >= 11 is 0. The second kappa shape index (κ2) is 8.86. The van der Waals surface area contributed by atoms with Gasteiger partial charge in [-0.3, -0.25) is 4.79 Å². The minimum Gasteiger partial charge on any atom is -0.480 e. The zero-order valence-electron chi connectivity index (χ0n) is 18.1. The molecule has 8 nitrogen and oxygen atoms in total. The molecule has 2 aliphatic heterocycles. The number of likely N-dealkylation sites (tertiary alicyclic amines) is 1. The third kappa shape index (κ3) is 3.95. The topological polar surface area (TPSA) is 105 Å². The third-order valence-corrected chi connectivity index (χ3v) is 6.80. The molecule has 0 unspecified atom stereocenters. The molecule has 2 saturated heterocycles. The molecule has 2 aromatic rings. The van der Waals surface area contributed by atoms with Crippen molar-refractivity contribution in [3.8, 4) is 11.1 Å². The SMILES string of the molecule is O=C(N[C@H]1CCO[C@H]1C(=O)N1CCC[C@H]1C(=O)O)OCC1c2ccccc2-c2ccccc21. The number of nitrogens with zero attached hydrogens (tertiary/aromatic N) is 1. The van der Waals surface area contributed by atoms with Gasteiger partial charge in [-0.15, -0.1) is 0 Å². The van der Waals surface area contributed by atoms with Crippen molar-refractivity contribution in [1.82, 2.24) is 10.2 Å². The minimum atomic E-state index is -1.01. The fourth-order valence-electron chi connectivity index (χ4n) is 5.22. The summed E-state index contributed by atoms with van der Waals surface area (Å²) < 4.78 is 11.2. The van der Waals surface area contributed by atoms with Crippen LogP contribution in [0.1, 0.15) is 36.3 Å². The Morgan fingerprint density at radius 3 is 2.36 bits per heavy atom. The lowest BCUT2D eigenvalue weighted by atomic mass is 9.98. The number of carboxylic acid groups (broad SMARTS) is 1. The van der Waals surface area contributed by atoms with Gasteiger partial charge in [0.05, 0.1) is 6.04 Å². The number of rotatable bonds is 5. The molecule has 33 heavy (non-hydrogen) atoms. The van der Waals surface area contributed by atoms with E-state index in [1.54, 1.807) is 0 Å². The van der Waals surface area contributed by atoms with Crippen LogP contribution in [0.15, 0.2) is 48.5 Å². The number of benzene rings is 2. The quantitative estimate of drug-likeness (QED) is 0.726. The van der Waals surface area contributed by atoms with Gasteiger partial charge in [-0.2, -0.15) is 0 Å². The molecule has 0 radical (unpaired) electrons. The van der Waals surface area contributed by atoms with E-state index < -0.39 is 30.3 Å². The Hall–Kier alpha value is -3.39. The molecule has 3 aliphatic rings. The summed E-state index contributed by atoms with van der Waals surface area (Å²) in [6.07, 6.45) is 0.0245. The highest BCUT2D eigenvalue weighted by Gasteiger charge is 2.43. The van der Waals surface area contributed by atoms with Gasteiger partial charge in [-0.25, -0.2) is 9.59 Å². The van der Waals surface area contributed by atoms with Gasteiger partial charge < -0.3 is 24.8 Å². The third-order valence-electron chi connectivity index (χ3n) is 6.80. The summed E-state index contributed by atoms with van der Waals surface area (Å²) in [4.78, 5) is 38.4. The number of hydrogen-bond acceptors (Lipinski definition) is 5. The van der Waals surface area contributed by atoms with Crippen LogP contribution in [0.5, 0.6) is 0 Å². The van der Waals surface area contributed by atoms with Crippen LogP contribution < -0.4 is 5.32 Å². The minimum absolute atomic E-state index is 0.0543. The Kier molecular flexibility index (Phi) is 5.76. The highest BCUT2D eigenvalue weighted by molar-refractivity contribution is 5.88. The molecule has 2 N–H and O–H groups in total. The van der Waals surface area contributed by atoms with E-state index in [1.807, 2.05) is 24.3 Å². The van der Waals surface area contributed by atoms with E-state index in [-0.39, 0.29) is 18.4 Å². The lowest BCUT2D eigenvalue weighted by Gasteiger charge is -2.27. The summed E-state index contributed by atoms with van der Waals surface area (Å²) in [6, 6.07) is 14.8. The van der Waals surface area contributed by atoms with Gasteiger partial charge in [0.2, 0.25) is 0 Å². The van der Waals surface area contributed by atoms with Crippen LogP contribution in [0.25, 0.3) is 11.1 Å². The number of fused-ring (bicyclic) bond motifs is 3. The summed E-state index contributed by atoms with van der Waals surface area (Å²) in [5.74, 6) is -1.46. The summed E-state index contributed by atoms with van der Waals surface area (Å²) in [5, 5.41) is 12.1. The number of carboxylic acids is 1. The van der Waals surface area contributed by atoms with Crippen molar-refractivity contribution >= 4 is 18.0 Å². The molecular weight excluding hydrogens is 424 g/mol. The molecular formula is C25H26N2O6. The zero-order chi connectivity index (χ0) is 22.9. The van der Waals surface area contributed by atoms with E-state index in [4.69, 9.17) is 9.47 Å². The molecule has 172 valence electrons. The molecule has 2 fully saturated rings. The molecule has 0 bridgehead atoms. The van der Waals surface area contributed by atoms with E-state index in [2.05, 4.69) is 29.6 Å². The highest BCUT2D eigenvalue weighted by atomic mass is 16.6. The molecule has 5 rings (SSSR count). The van der Waals surface area contributed by atoms with Crippen molar-refractivity contribution in [3.63, 3.8) is 0 Å². The Morgan fingerprint density at radius 1 is 1.03 bits per heavy atom. The fraction of sp³-hybridized carbons (Fsp3) is 0.400. The predicted octanol–water partition coefficient (Wildman–Crippen LogP) is 2.76. The van der Waals surface area contributed by atoms with Gasteiger partial charge in [0, 0.05) is 19.1 Å². The summed E-state index contributed by atoms with van der Waals surface area (Å²) in [5.41, 5.74) is 4.54. The van der Waals surface area contributed by atoms with Crippen LogP contribution in [-0.2, 0) is 19.1 Å². The van der Waals surface area contributed by atoms with Gasteiger partial charge in [-0.1, -0.05) is 48.5 Å². The number of carbonyl (C=O) groups excluding carboxylic acids is 2. The van der Waals surface area contributed by atoms with Crippen LogP contribution in [0, 0.1) is 0 Å². The first-order chi connectivity index (χ1) is 16.0. The number of aliphatic carboxylic acids is 1. The van der Waals surface area contributed by atoms with Crippen molar-refractivity contribution in [2.75, 3.05) is 19.8 Å². The molecule has 3 atom stereocenters. The van der Waals surface area contributed by atoms with Crippen molar-refractivity contribution in [2.45, 2.75) is 43.4 Å². The molecule has 0 aromatic heterocycles. The van der Waals surface area contributed by atoms with Crippen LogP contribution in [0.4, 0.5) is 4.79 Å². The van der Waals surface area contributed by atoms with Gasteiger partial charge in [0.1, 0.15) is 12.6 Å². The molecule has 2 heterocycles. The van der Waals surface area contributed by atoms with Gasteiger partial charge in [0.25, 0.3) is 5.91 Å². The molecule has 2 aromatic carbocycles. The number of ether oxygens (including phenoxy) is 2. The average molecular weight is 450 g/mol. The van der Waals surface area contributed by atoms with Crippen LogP contribution in [0.2, 0.25) is 0 Å². The number of alkyl carbamates (subject to hydrolysis) is 1. The van der Waals surface area contributed by atoms with E-state index in [0.29, 0.717) is 32.4 Å². The molecule has 0 spiro atoms. The average Bonchev–Trinajstić information content (AvgIpc) is 3.55. The first-order valence-corrected chi connectivity index (χ1v) is 11.3. The smallest absolute Gasteiger partial charge is 0.407 e. The molecule has 1 aliphatic carbocycles. The fourth-order valence-corrected chi connectivity index (χ4v) is 5.22. The maximum atomic E-state index is 12.9. The van der Waals surface area contributed by atoms with Crippen LogP contribution in [-0.4, -0.2) is 65.9 Å². The standard InChI is InChI=1S/C25H26N2O6/c28-23(27-12-5-10-21(27)24(29)30)22-20(11-13-32-22)26-25(31)33-14-19-17-8-3-1-6-15(17)16-7-2-4-9-18(16)19/h1-4,6-9,19-22H,5,10-14H2,(H,26,31)(H,29,30)/t20-,21-,22+/m0/s1. The Balaban J connectivity index is 1.23. The van der Waals surface area contributed by atoms with E-state index in [9.17, 15) is 19.5 Å². The maximum absolute atomic E-state index is 12.9. The van der Waals surface area contributed by atoms with Crippen molar-refractivity contribution in [1.29, 1.82) is 0 Å². The normalized spacial score (nSPS) is 23.8. The summed E-state index contributed by atoms with van der Waals surface area (Å²) in [7, 11) is 0. The first-order valence-electron chi connectivity index (χ1n) is 11.3. The zero-order valence-corrected chi connectivity index (χ0v) is 18.1. The number of nitrogens with one attached hydrogen (secondary N) is 1. The van der Waals surface area contributed by atoms with Crippen LogP contribution >= 0.6 is 0 Å². The lowest BCUT2D eigenvalue weighted by Crippen LogP contribution is -2.52. The van der Waals surface area contributed by atoms with Crippen molar-refractivity contribution in [3.05, 3.63) is 59.7 Å². The highest BCUT2D eigenvalue weighted by Crippen LogP contribution is 2.44. The lowest BCUT2D eigenvalue weighted by molar-refractivity contribution is -0.152. The Bertz CT molecular complexity index is 1040. The monoisotopic (exact) mass is 450 g/mol. The van der Waals surface area contributed by atoms with Crippen LogP contribution in [0.3, 0.4) is 0 Å². The maximum Gasteiger partial charge on any atom is 0.407 e. The second-order valence-corrected chi connectivity index (χ2v) is 8.68. The molecule has 0 saturated carbocycles. The summed E-state index contributed by atoms with van der Waals surface area (Å²) in [6.45, 7) is 0.878. The van der Waals surface area contributed by atoms with Gasteiger partial charge in [0.15, 0.2) is 6.10 Å². The van der Waals surface area contributed by atoms with Crippen molar-refractivity contribution < 1.29 is 29.0 Å². The second-order valence-electron chi connectivity index (χ2n) is 8.68. The van der Waals surface area contributed by atoms with E-state index in [1.165, 1.54) is 4.90 Å². The number of amides is 2. The first kappa shape index (κ1) is 21.5. The Labute approximate surface area is 191 Å². The number of hydrogen-bond donors (Lipinski definition) is 2. The van der Waals surface area contributed by atoms with Gasteiger partial charge in [-0.05, 0) is 41.5 Å². The molecule has 2 amide bonds. The predicted molar refractivity (Wildman–Crippen MR) is 119 cm³/mol. The largest absolute Gasteiger partial charge is 0.480 e. The Morgan fingerprint density at radius 2 is 1.70 bits per heavy atom. The number of carbonyl (C=O) groups is 3. The molecule has 8 heteroatoms. The van der Waals surface area contributed by atoms with Crippen molar-refractivity contribution in [2.24, 2.45) is 0 Å². The van der Waals surface area contributed by atoms with Gasteiger partial charge >= 0.3 is 12.1 Å². The van der Waals surface area contributed by atoms with E-state index in [0.717, 1.165) is 22.3 Å².